The molecule has 0 bridgehead atoms. The van der Waals surface area contributed by atoms with Crippen LogP contribution in [0.2, 0.25) is 0 Å². The zero-order valence-electron chi connectivity index (χ0n) is 12.9. The Kier molecular flexibility index (Phi) is 4.92. The maximum absolute atomic E-state index is 10.1. The van der Waals surface area contributed by atoms with Crippen LogP contribution in [0.25, 0.3) is 21.6 Å². The van der Waals surface area contributed by atoms with Crippen molar-refractivity contribution < 1.29 is 5.11 Å². The number of nitrogens with zero attached hydrogens (tertiary/aromatic N) is 1. The van der Waals surface area contributed by atoms with Gasteiger partial charge < -0.3 is 10.0 Å². The fourth-order valence-electron chi connectivity index (χ4n) is 2.49. The quantitative estimate of drug-likeness (QED) is 0.482. The monoisotopic (exact) mass is 359 g/mol. The number of benzene rings is 2. The van der Waals surface area contributed by atoms with Crippen molar-refractivity contribution in [3.63, 3.8) is 0 Å². The first kappa shape index (κ1) is 16.3. The van der Waals surface area contributed by atoms with E-state index in [2.05, 4.69) is 12.1 Å². The van der Waals surface area contributed by atoms with Gasteiger partial charge in [-0.1, -0.05) is 69.3 Å². The van der Waals surface area contributed by atoms with Gasteiger partial charge >= 0.3 is 0 Å². The van der Waals surface area contributed by atoms with Crippen molar-refractivity contribution in [3.8, 4) is 27.3 Å². The van der Waals surface area contributed by atoms with Gasteiger partial charge in [-0.3, -0.25) is 0 Å². The van der Waals surface area contributed by atoms with Crippen LogP contribution in [0.3, 0.4) is 0 Å². The molecule has 0 aliphatic carbocycles. The summed E-state index contributed by atoms with van der Waals surface area (Å²) in [6, 6.07) is 16.1. The summed E-state index contributed by atoms with van der Waals surface area (Å²) in [5.74, 6) is 0.327. The van der Waals surface area contributed by atoms with Crippen LogP contribution in [-0.4, -0.2) is 24.1 Å². The Morgan fingerprint density at radius 2 is 1.74 bits per heavy atom. The summed E-state index contributed by atoms with van der Waals surface area (Å²) in [5, 5.41) is 10.1. The molecule has 0 saturated heterocycles. The van der Waals surface area contributed by atoms with Gasteiger partial charge in [-0.25, -0.2) is 0 Å². The van der Waals surface area contributed by atoms with E-state index >= 15 is 0 Å². The lowest BCUT2D eigenvalue weighted by atomic mass is 10.0. The fraction of sp³-hybridized carbons (Fsp3) is 0.167. The van der Waals surface area contributed by atoms with Gasteiger partial charge in [0.15, 0.2) is 0 Å². The van der Waals surface area contributed by atoms with E-state index in [1.54, 1.807) is 26.7 Å². The molecule has 23 heavy (non-hydrogen) atoms. The molecule has 2 aromatic carbocycles. The first-order valence-electron chi connectivity index (χ1n) is 7.22. The molecular weight excluding hydrogens is 342 g/mol. The van der Waals surface area contributed by atoms with E-state index in [0.717, 1.165) is 20.5 Å². The van der Waals surface area contributed by atoms with Crippen molar-refractivity contribution in [2.24, 2.45) is 0 Å². The highest BCUT2D eigenvalue weighted by Crippen LogP contribution is 2.42. The third-order valence-corrected chi connectivity index (χ3v) is 6.59. The van der Waals surface area contributed by atoms with Crippen molar-refractivity contribution in [1.29, 1.82) is 0 Å². The predicted molar refractivity (Wildman–Crippen MR) is 103 cm³/mol. The Labute approximate surface area is 148 Å². The van der Waals surface area contributed by atoms with Crippen molar-refractivity contribution in [1.82, 2.24) is 4.90 Å². The zero-order valence-corrected chi connectivity index (χ0v) is 15.4. The third kappa shape index (κ3) is 3.53. The van der Waals surface area contributed by atoms with Crippen LogP contribution < -0.4 is 0 Å². The van der Waals surface area contributed by atoms with Gasteiger partial charge in [0.1, 0.15) is 9.57 Å². The molecule has 0 unspecified atom stereocenters. The van der Waals surface area contributed by atoms with E-state index in [-0.39, 0.29) is 0 Å². The van der Waals surface area contributed by atoms with E-state index < -0.39 is 0 Å². The van der Waals surface area contributed by atoms with E-state index in [4.69, 9.17) is 12.2 Å². The molecule has 0 atom stereocenters. The van der Waals surface area contributed by atoms with E-state index in [1.165, 1.54) is 10.4 Å². The number of phenols is 1. The van der Waals surface area contributed by atoms with E-state index in [9.17, 15) is 5.11 Å². The van der Waals surface area contributed by atoms with Crippen LogP contribution >= 0.6 is 32.9 Å². The second kappa shape index (κ2) is 6.93. The number of phenolic OH excluding ortho intramolecular Hbond substituents is 1. The number of hydrogen-bond donors (Lipinski definition) is 1. The normalized spacial score (nSPS) is 11.1. The first-order chi connectivity index (χ1) is 11.1. The summed E-state index contributed by atoms with van der Waals surface area (Å²) in [6.07, 6.45) is 0. The highest BCUT2D eigenvalue weighted by Gasteiger charge is 2.14. The Bertz CT molecular complexity index is 865. The largest absolute Gasteiger partial charge is 0.508 e. The summed E-state index contributed by atoms with van der Waals surface area (Å²) in [5.41, 5.74) is 4.27. The maximum Gasteiger partial charge on any atom is 0.120 e. The van der Waals surface area contributed by atoms with Crippen LogP contribution in [-0.2, 0) is 6.54 Å². The second-order valence-electron chi connectivity index (χ2n) is 5.61. The lowest BCUT2D eigenvalue weighted by molar-refractivity contribution is 0.386. The molecule has 0 aliphatic rings. The number of rotatable bonds is 4. The van der Waals surface area contributed by atoms with Gasteiger partial charge in [0.2, 0.25) is 0 Å². The maximum atomic E-state index is 10.1. The van der Waals surface area contributed by atoms with Gasteiger partial charge in [-0.15, -0.1) is 0 Å². The molecule has 3 rings (SSSR count). The molecule has 1 N–H and O–H groups in total. The minimum atomic E-state index is 0.327. The van der Waals surface area contributed by atoms with Crippen molar-refractivity contribution in [2.45, 2.75) is 6.54 Å². The van der Waals surface area contributed by atoms with Gasteiger partial charge in [-0.2, -0.15) is 0 Å². The van der Waals surface area contributed by atoms with Crippen LogP contribution in [0.5, 0.6) is 5.75 Å². The molecular formula is C18H17NOS3. The molecule has 0 spiro atoms. The average molecular weight is 360 g/mol. The molecule has 1 heterocycles. The van der Waals surface area contributed by atoms with Crippen molar-refractivity contribution in [2.75, 3.05) is 14.1 Å². The minimum Gasteiger partial charge on any atom is -0.508 e. The molecule has 5 heteroatoms. The zero-order chi connectivity index (χ0) is 16.4. The molecule has 0 amide bonds. The SMILES string of the molecule is CN(C)Cc1cc(-c2c(-c3ccccc3)ssc2=S)ccc1O. The Balaban J connectivity index is 2.13. The minimum absolute atomic E-state index is 0.327. The highest BCUT2D eigenvalue weighted by molar-refractivity contribution is 7.80. The van der Waals surface area contributed by atoms with Crippen LogP contribution in [0.4, 0.5) is 0 Å². The molecule has 3 aromatic rings. The summed E-state index contributed by atoms with van der Waals surface area (Å²) in [4.78, 5) is 3.24. The summed E-state index contributed by atoms with van der Waals surface area (Å²) < 4.78 is 0.898. The van der Waals surface area contributed by atoms with Crippen LogP contribution in [0, 0.1) is 3.82 Å². The van der Waals surface area contributed by atoms with Crippen LogP contribution in [0.1, 0.15) is 5.56 Å². The molecule has 2 nitrogen and oxygen atoms in total. The fourth-order valence-corrected chi connectivity index (χ4v) is 5.41. The molecule has 118 valence electrons. The highest BCUT2D eigenvalue weighted by atomic mass is 32.9. The molecule has 0 fully saturated rings. The van der Waals surface area contributed by atoms with Gasteiger partial charge in [0, 0.05) is 17.7 Å². The second-order valence-corrected chi connectivity index (χ2v) is 8.42. The van der Waals surface area contributed by atoms with Gasteiger partial charge in [0.05, 0.1) is 4.88 Å². The topological polar surface area (TPSA) is 23.5 Å². The summed E-state index contributed by atoms with van der Waals surface area (Å²) in [7, 11) is 7.33. The Morgan fingerprint density at radius 1 is 1.00 bits per heavy atom. The Hall–Kier alpha value is -1.53. The Morgan fingerprint density at radius 3 is 2.43 bits per heavy atom. The van der Waals surface area contributed by atoms with Crippen molar-refractivity contribution in [3.05, 3.63) is 57.9 Å². The van der Waals surface area contributed by atoms with Crippen LogP contribution in [0.15, 0.2) is 48.5 Å². The molecule has 0 radical (unpaired) electrons. The van der Waals surface area contributed by atoms with Gasteiger partial charge in [-0.05, 0) is 37.4 Å². The van der Waals surface area contributed by atoms with Crippen molar-refractivity contribution >= 4 is 32.9 Å². The van der Waals surface area contributed by atoms with Gasteiger partial charge in [0.25, 0.3) is 0 Å². The lowest BCUT2D eigenvalue weighted by Gasteiger charge is -2.13. The average Bonchev–Trinajstić information content (AvgIpc) is 2.92. The molecule has 0 saturated carbocycles. The predicted octanol–water partition coefficient (Wildman–Crippen LogP) is 5.64. The molecule has 0 aliphatic heterocycles. The standard InChI is InChI=1S/C18H17NOS3/c1-19(2)11-14-10-13(8-9-15(14)20)16-17(22-23-18(16)21)12-6-4-3-5-7-12/h3-10,20H,11H2,1-2H3. The van der Waals surface area contributed by atoms with E-state index in [1.807, 2.05) is 49.3 Å². The first-order valence-corrected chi connectivity index (χ1v) is 9.77. The van der Waals surface area contributed by atoms with E-state index in [0.29, 0.717) is 12.3 Å². The summed E-state index contributed by atoms with van der Waals surface area (Å²) in [6.45, 7) is 0.695. The third-order valence-electron chi connectivity index (χ3n) is 3.52. The lowest BCUT2D eigenvalue weighted by Crippen LogP contribution is -2.10. The molecule has 1 aromatic heterocycles. The smallest absolute Gasteiger partial charge is 0.120 e. The number of hydrogen-bond acceptors (Lipinski definition) is 5. The summed E-state index contributed by atoms with van der Waals surface area (Å²) >= 11 is 5.57. The number of aromatic hydroxyl groups is 1.